The van der Waals surface area contributed by atoms with Crippen LogP contribution in [0.25, 0.3) is 0 Å². The summed E-state index contributed by atoms with van der Waals surface area (Å²) in [5.74, 6) is 0. The molecule has 1 aliphatic heterocycles. The number of nitrogens with zero attached hydrogens (tertiary/aromatic N) is 2. The van der Waals surface area contributed by atoms with Crippen molar-refractivity contribution >= 4 is 10.0 Å². The molecule has 0 amide bonds. The highest BCUT2D eigenvalue weighted by Gasteiger charge is 2.41. The average Bonchev–Trinajstić information content (AvgIpc) is 3.29. The van der Waals surface area contributed by atoms with Crippen LogP contribution in [-0.4, -0.2) is 36.1 Å². The molecule has 1 aromatic rings. The summed E-state index contributed by atoms with van der Waals surface area (Å²) in [6, 6.07) is 0. The maximum atomic E-state index is 12.3. The molecule has 1 fully saturated rings. The molecule has 1 saturated carbocycles. The van der Waals surface area contributed by atoms with Gasteiger partial charge in [0.05, 0.1) is 11.9 Å². The molecule has 0 aromatic carbocycles. The molecule has 0 bridgehead atoms. The Balaban J connectivity index is 1.81. The summed E-state index contributed by atoms with van der Waals surface area (Å²) >= 11 is 0. The van der Waals surface area contributed by atoms with Crippen molar-refractivity contribution in [3.05, 3.63) is 29.1 Å². The smallest absolute Gasteiger partial charge is 0.217 e. The van der Waals surface area contributed by atoms with Gasteiger partial charge in [-0.15, -0.1) is 0 Å². The Kier molecular flexibility index (Phi) is 3.79. The number of aromatic nitrogens is 1. The topological polar surface area (TPSA) is 59.5 Å². The highest BCUT2D eigenvalue weighted by atomic mass is 32.2. The van der Waals surface area contributed by atoms with Crippen LogP contribution in [0.4, 0.5) is 0 Å². The first-order valence-corrected chi connectivity index (χ1v) is 8.64. The van der Waals surface area contributed by atoms with Crippen LogP contribution >= 0.6 is 0 Å². The minimum Gasteiger partial charge on any atom is -0.377 e. The zero-order valence-corrected chi connectivity index (χ0v) is 12.5. The van der Waals surface area contributed by atoms with Gasteiger partial charge < -0.3 is 4.74 Å². The summed E-state index contributed by atoms with van der Waals surface area (Å²) in [6.07, 6.45) is 6.01. The van der Waals surface area contributed by atoms with Crippen molar-refractivity contribution in [1.29, 1.82) is 0 Å². The molecule has 0 saturated heterocycles. The van der Waals surface area contributed by atoms with Gasteiger partial charge in [0.1, 0.15) is 0 Å². The molecular weight excluding hydrogens is 276 g/mol. The van der Waals surface area contributed by atoms with Gasteiger partial charge >= 0.3 is 0 Å². The fourth-order valence-corrected chi connectivity index (χ4v) is 4.49. The summed E-state index contributed by atoms with van der Waals surface area (Å²) < 4.78 is 31.7. The summed E-state index contributed by atoms with van der Waals surface area (Å²) in [6.45, 7) is 4.23. The van der Waals surface area contributed by atoms with Crippen LogP contribution in [0.3, 0.4) is 0 Å². The Morgan fingerprint density at radius 2 is 2.20 bits per heavy atom. The van der Waals surface area contributed by atoms with Crippen LogP contribution in [0.2, 0.25) is 0 Å². The number of sulfonamides is 1. The summed E-state index contributed by atoms with van der Waals surface area (Å²) in [5.41, 5.74) is 3.33. The molecule has 1 aromatic heterocycles. The molecule has 0 atom stereocenters. The number of hydrogen-bond acceptors (Lipinski definition) is 4. The van der Waals surface area contributed by atoms with Crippen LogP contribution in [0.15, 0.2) is 12.4 Å². The van der Waals surface area contributed by atoms with Crippen molar-refractivity contribution in [2.45, 2.75) is 44.6 Å². The van der Waals surface area contributed by atoms with Gasteiger partial charge in [0, 0.05) is 32.1 Å². The third kappa shape index (κ3) is 2.60. The van der Waals surface area contributed by atoms with Crippen molar-refractivity contribution in [2.75, 3.05) is 13.2 Å². The second kappa shape index (κ2) is 5.42. The molecule has 110 valence electrons. The van der Waals surface area contributed by atoms with Crippen LogP contribution in [0, 0.1) is 0 Å². The van der Waals surface area contributed by atoms with E-state index in [-0.39, 0.29) is 5.25 Å². The lowest BCUT2D eigenvalue weighted by Crippen LogP contribution is -2.38. The highest BCUT2D eigenvalue weighted by molar-refractivity contribution is 7.90. The van der Waals surface area contributed by atoms with Gasteiger partial charge in [0.15, 0.2) is 0 Å². The van der Waals surface area contributed by atoms with Crippen molar-refractivity contribution in [2.24, 2.45) is 0 Å². The van der Waals surface area contributed by atoms with Crippen LogP contribution < -0.4 is 0 Å². The SMILES string of the molecule is CCOCc1cncc2c1CCN(S(=O)(=O)C1CC1)C2. The molecule has 20 heavy (non-hydrogen) atoms. The lowest BCUT2D eigenvalue weighted by atomic mass is 9.99. The molecule has 3 rings (SSSR count). The molecule has 5 nitrogen and oxygen atoms in total. The van der Waals surface area contributed by atoms with Crippen LogP contribution in [0.5, 0.6) is 0 Å². The predicted molar refractivity (Wildman–Crippen MR) is 75.6 cm³/mol. The van der Waals surface area contributed by atoms with Crippen LogP contribution in [0.1, 0.15) is 36.5 Å². The van der Waals surface area contributed by atoms with E-state index in [1.54, 1.807) is 10.5 Å². The van der Waals surface area contributed by atoms with Gasteiger partial charge in [0.2, 0.25) is 10.0 Å². The van der Waals surface area contributed by atoms with E-state index in [0.29, 0.717) is 26.3 Å². The second-order valence-electron chi connectivity index (χ2n) is 5.40. The summed E-state index contributed by atoms with van der Waals surface area (Å²) in [7, 11) is -3.09. The van der Waals surface area contributed by atoms with E-state index in [0.717, 1.165) is 30.4 Å². The van der Waals surface area contributed by atoms with Crippen LogP contribution in [-0.2, 0) is 34.3 Å². The van der Waals surface area contributed by atoms with Gasteiger partial charge in [-0.05, 0) is 42.9 Å². The molecule has 6 heteroatoms. The van der Waals surface area contributed by atoms with E-state index in [2.05, 4.69) is 4.98 Å². The Morgan fingerprint density at radius 1 is 1.40 bits per heavy atom. The van der Waals surface area contributed by atoms with Gasteiger partial charge in [-0.1, -0.05) is 0 Å². The first kappa shape index (κ1) is 14.0. The largest absolute Gasteiger partial charge is 0.377 e. The molecule has 0 N–H and O–H groups in total. The quantitative estimate of drug-likeness (QED) is 0.825. The van der Waals surface area contributed by atoms with Crippen molar-refractivity contribution in [1.82, 2.24) is 9.29 Å². The molecule has 0 spiro atoms. The lowest BCUT2D eigenvalue weighted by Gasteiger charge is -2.29. The van der Waals surface area contributed by atoms with E-state index in [1.807, 2.05) is 13.1 Å². The van der Waals surface area contributed by atoms with E-state index in [1.165, 1.54) is 5.56 Å². The zero-order chi connectivity index (χ0) is 14.2. The normalized spacial score (nSPS) is 19.9. The summed E-state index contributed by atoms with van der Waals surface area (Å²) in [4.78, 5) is 4.23. The molecular formula is C14H20N2O3S. The summed E-state index contributed by atoms with van der Waals surface area (Å²) in [5, 5.41) is -0.136. The van der Waals surface area contributed by atoms with E-state index in [4.69, 9.17) is 4.74 Å². The number of ether oxygens (including phenoxy) is 1. The van der Waals surface area contributed by atoms with E-state index < -0.39 is 10.0 Å². The first-order chi connectivity index (χ1) is 9.63. The minimum absolute atomic E-state index is 0.136. The fourth-order valence-electron chi connectivity index (χ4n) is 2.67. The average molecular weight is 296 g/mol. The van der Waals surface area contributed by atoms with Crippen molar-refractivity contribution in [3.8, 4) is 0 Å². The van der Waals surface area contributed by atoms with E-state index in [9.17, 15) is 8.42 Å². The monoisotopic (exact) mass is 296 g/mol. The third-order valence-corrected chi connectivity index (χ3v) is 6.31. The first-order valence-electron chi connectivity index (χ1n) is 7.14. The lowest BCUT2D eigenvalue weighted by molar-refractivity contribution is 0.133. The molecule has 1 aliphatic carbocycles. The Hall–Kier alpha value is -0.980. The second-order valence-corrected chi connectivity index (χ2v) is 7.61. The minimum atomic E-state index is -3.09. The number of pyridine rings is 1. The maximum absolute atomic E-state index is 12.3. The zero-order valence-electron chi connectivity index (χ0n) is 11.7. The van der Waals surface area contributed by atoms with Crippen molar-refractivity contribution < 1.29 is 13.2 Å². The van der Waals surface area contributed by atoms with Crippen molar-refractivity contribution in [3.63, 3.8) is 0 Å². The Bertz CT molecular complexity index is 596. The molecule has 0 radical (unpaired) electrons. The maximum Gasteiger partial charge on any atom is 0.217 e. The fraction of sp³-hybridized carbons (Fsp3) is 0.643. The molecule has 2 aliphatic rings. The Labute approximate surface area is 120 Å². The standard InChI is InChI=1S/C14H20N2O3S/c1-2-19-10-12-8-15-7-11-9-16(6-5-14(11)12)20(17,18)13-3-4-13/h7-8,13H,2-6,9-10H2,1H3. The van der Waals surface area contributed by atoms with Gasteiger partial charge in [-0.3, -0.25) is 4.98 Å². The van der Waals surface area contributed by atoms with E-state index >= 15 is 0 Å². The molecule has 0 unspecified atom stereocenters. The highest BCUT2D eigenvalue weighted by Crippen LogP contribution is 2.34. The number of hydrogen-bond donors (Lipinski definition) is 0. The van der Waals surface area contributed by atoms with Gasteiger partial charge in [-0.25, -0.2) is 8.42 Å². The van der Waals surface area contributed by atoms with Gasteiger partial charge in [0.25, 0.3) is 0 Å². The predicted octanol–water partition coefficient (Wildman–Crippen LogP) is 1.47. The van der Waals surface area contributed by atoms with Gasteiger partial charge in [-0.2, -0.15) is 4.31 Å². The number of fused-ring (bicyclic) bond motifs is 1. The number of rotatable bonds is 5. The molecule has 2 heterocycles. The third-order valence-electron chi connectivity index (χ3n) is 3.96. The Morgan fingerprint density at radius 3 is 2.90 bits per heavy atom.